The van der Waals surface area contributed by atoms with Gasteiger partial charge in [0.05, 0.1) is 0 Å². The van der Waals surface area contributed by atoms with E-state index in [2.05, 4.69) is 12.2 Å². The van der Waals surface area contributed by atoms with Crippen LogP contribution in [0, 0.1) is 17.8 Å². The maximum Gasteiger partial charge on any atom is -0.00178 e. The second-order valence-corrected chi connectivity index (χ2v) is 5.25. The lowest BCUT2D eigenvalue weighted by Crippen LogP contribution is -2.31. The Kier molecular flexibility index (Phi) is 3.86. The average molecular weight is 195 g/mol. The molecular formula is C13H25N. The third kappa shape index (κ3) is 2.31. The normalized spacial score (nSPS) is 33.2. The molecule has 1 N–H and O–H groups in total. The van der Waals surface area contributed by atoms with Crippen LogP contribution in [0.1, 0.15) is 51.9 Å². The highest BCUT2D eigenvalue weighted by molar-refractivity contribution is 4.87. The minimum Gasteiger partial charge on any atom is -0.316 e. The van der Waals surface area contributed by atoms with Crippen molar-refractivity contribution >= 4 is 0 Å². The first kappa shape index (κ1) is 10.5. The summed E-state index contributed by atoms with van der Waals surface area (Å²) < 4.78 is 0. The standard InChI is InChI=1S/C13H25N/c1-2-9-14-10-12-7-4-8-13(12)11-5-3-6-11/h11-14H,2-10H2,1H3. The largest absolute Gasteiger partial charge is 0.316 e. The first-order valence-electron chi connectivity index (χ1n) is 6.62. The van der Waals surface area contributed by atoms with Crippen molar-refractivity contribution in [3.63, 3.8) is 0 Å². The molecule has 2 unspecified atom stereocenters. The molecule has 0 amide bonds. The summed E-state index contributed by atoms with van der Waals surface area (Å²) >= 11 is 0. The van der Waals surface area contributed by atoms with Crippen LogP contribution in [0.5, 0.6) is 0 Å². The molecule has 0 spiro atoms. The lowest BCUT2D eigenvalue weighted by Gasteiger charge is -2.35. The predicted octanol–water partition coefficient (Wildman–Crippen LogP) is 3.20. The van der Waals surface area contributed by atoms with Crippen molar-refractivity contribution in [3.8, 4) is 0 Å². The van der Waals surface area contributed by atoms with Crippen molar-refractivity contribution in [1.29, 1.82) is 0 Å². The maximum atomic E-state index is 3.61. The molecule has 0 aromatic rings. The van der Waals surface area contributed by atoms with Gasteiger partial charge >= 0.3 is 0 Å². The van der Waals surface area contributed by atoms with E-state index < -0.39 is 0 Å². The summed E-state index contributed by atoms with van der Waals surface area (Å²) in [6.07, 6.45) is 10.4. The van der Waals surface area contributed by atoms with Gasteiger partial charge in [0.1, 0.15) is 0 Å². The van der Waals surface area contributed by atoms with Gasteiger partial charge in [-0.3, -0.25) is 0 Å². The van der Waals surface area contributed by atoms with Gasteiger partial charge in [-0.05, 0) is 50.1 Å². The molecule has 14 heavy (non-hydrogen) atoms. The van der Waals surface area contributed by atoms with Crippen LogP contribution >= 0.6 is 0 Å². The molecule has 0 aromatic carbocycles. The fourth-order valence-electron chi connectivity index (χ4n) is 3.27. The lowest BCUT2D eigenvalue weighted by molar-refractivity contribution is 0.164. The highest BCUT2D eigenvalue weighted by atomic mass is 14.9. The number of hydrogen-bond acceptors (Lipinski definition) is 1. The second-order valence-electron chi connectivity index (χ2n) is 5.25. The molecule has 0 heterocycles. The molecule has 0 aromatic heterocycles. The Labute approximate surface area is 88.7 Å². The van der Waals surface area contributed by atoms with Gasteiger partial charge in [0.2, 0.25) is 0 Å². The summed E-state index contributed by atoms with van der Waals surface area (Å²) in [6, 6.07) is 0. The summed E-state index contributed by atoms with van der Waals surface area (Å²) in [7, 11) is 0. The van der Waals surface area contributed by atoms with Crippen LogP contribution in [0.2, 0.25) is 0 Å². The average Bonchev–Trinajstić information content (AvgIpc) is 2.51. The van der Waals surface area contributed by atoms with E-state index in [1.54, 1.807) is 0 Å². The van der Waals surface area contributed by atoms with Crippen molar-refractivity contribution in [2.75, 3.05) is 13.1 Å². The van der Waals surface area contributed by atoms with Crippen molar-refractivity contribution in [3.05, 3.63) is 0 Å². The SMILES string of the molecule is CCCNCC1CCCC1C1CCC1. The van der Waals surface area contributed by atoms with Gasteiger partial charge in [0.15, 0.2) is 0 Å². The van der Waals surface area contributed by atoms with Crippen LogP contribution in [-0.2, 0) is 0 Å². The van der Waals surface area contributed by atoms with Gasteiger partial charge in [0, 0.05) is 0 Å². The molecule has 2 aliphatic carbocycles. The Bertz CT molecular complexity index is 163. The van der Waals surface area contributed by atoms with Crippen molar-refractivity contribution in [2.24, 2.45) is 17.8 Å². The van der Waals surface area contributed by atoms with Crippen molar-refractivity contribution < 1.29 is 0 Å². The highest BCUT2D eigenvalue weighted by Gasteiger charge is 2.35. The van der Waals surface area contributed by atoms with Gasteiger partial charge in [-0.25, -0.2) is 0 Å². The molecule has 0 saturated heterocycles. The first-order chi connectivity index (χ1) is 6.92. The fourth-order valence-corrected chi connectivity index (χ4v) is 3.27. The zero-order chi connectivity index (χ0) is 9.80. The minimum absolute atomic E-state index is 1.02. The molecular weight excluding hydrogens is 170 g/mol. The van der Waals surface area contributed by atoms with E-state index in [-0.39, 0.29) is 0 Å². The Hall–Kier alpha value is -0.0400. The van der Waals surface area contributed by atoms with Crippen LogP contribution in [0.15, 0.2) is 0 Å². The summed E-state index contributed by atoms with van der Waals surface area (Å²) in [5.41, 5.74) is 0. The van der Waals surface area contributed by atoms with Crippen LogP contribution < -0.4 is 5.32 Å². The zero-order valence-electron chi connectivity index (χ0n) is 9.60. The topological polar surface area (TPSA) is 12.0 Å². The monoisotopic (exact) mass is 195 g/mol. The molecule has 1 heteroatoms. The second kappa shape index (κ2) is 5.16. The zero-order valence-corrected chi connectivity index (χ0v) is 9.60. The Morgan fingerprint density at radius 2 is 1.86 bits per heavy atom. The Morgan fingerprint density at radius 1 is 1.07 bits per heavy atom. The van der Waals surface area contributed by atoms with E-state index in [9.17, 15) is 0 Å². The summed E-state index contributed by atoms with van der Waals surface area (Å²) in [5, 5.41) is 3.61. The van der Waals surface area contributed by atoms with Crippen molar-refractivity contribution in [2.45, 2.75) is 51.9 Å². The number of nitrogens with one attached hydrogen (secondary N) is 1. The molecule has 0 radical (unpaired) electrons. The number of rotatable bonds is 5. The quantitative estimate of drug-likeness (QED) is 0.664. The van der Waals surface area contributed by atoms with Crippen LogP contribution in [-0.4, -0.2) is 13.1 Å². The van der Waals surface area contributed by atoms with E-state index >= 15 is 0 Å². The summed E-state index contributed by atoms with van der Waals surface area (Å²) in [4.78, 5) is 0. The Morgan fingerprint density at radius 3 is 2.50 bits per heavy atom. The van der Waals surface area contributed by atoms with Crippen LogP contribution in [0.3, 0.4) is 0 Å². The lowest BCUT2D eigenvalue weighted by atomic mass is 9.72. The molecule has 0 bridgehead atoms. The molecule has 82 valence electrons. The van der Waals surface area contributed by atoms with Gasteiger partial charge in [-0.2, -0.15) is 0 Å². The molecule has 2 aliphatic rings. The molecule has 1 nitrogen and oxygen atoms in total. The predicted molar refractivity (Wildman–Crippen MR) is 61.3 cm³/mol. The third-order valence-corrected chi connectivity index (χ3v) is 4.31. The summed E-state index contributed by atoms with van der Waals surface area (Å²) in [5.74, 6) is 3.23. The molecule has 2 saturated carbocycles. The Balaban J connectivity index is 1.72. The van der Waals surface area contributed by atoms with Crippen molar-refractivity contribution in [1.82, 2.24) is 5.32 Å². The first-order valence-corrected chi connectivity index (χ1v) is 6.62. The van der Waals surface area contributed by atoms with E-state index in [0.717, 1.165) is 17.8 Å². The fraction of sp³-hybridized carbons (Fsp3) is 1.00. The van der Waals surface area contributed by atoms with E-state index in [4.69, 9.17) is 0 Å². The van der Waals surface area contributed by atoms with Crippen LogP contribution in [0.4, 0.5) is 0 Å². The van der Waals surface area contributed by atoms with Gasteiger partial charge in [-0.15, -0.1) is 0 Å². The third-order valence-electron chi connectivity index (χ3n) is 4.31. The molecule has 2 atom stereocenters. The summed E-state index contributed by atoms with van der Waals surface area (Å²) in [6.45, 7) is 4.77. The minimum atomic E-state index is 1.02. The maximum absolute atomic E-state index is 3.61. The van der Waals surface area contributed by atoms with E-state index in [0.29, 0.717) is 0 Å². The highest BCUT2D eigenvalue weighted by Crippen LogP contribution is 2.44. The van der Waals surface area contributed by atoms with Gasteiger partial charge < -0.3 is 5.32 Å². The van der Waals surface area contributed by atoms with E-state index in [1.165, 1.54) is 58.0 Å². The van der Waals surface area contributed by atoms with Gasteiger partial charge in [0.25, 0.3) is 0 Å². The van der Waals surface area contributed by atoms with Gasteiger partial charge in [-0.1, -0.05) is 32.6 Å². The molecule has 0 aliphatic heterocycles. The van der Waals surface area contributed by atoms with Crippen LogP contribution in [0.25, 0.3) is 0 Å². The number of hydrogen-bond donors (Lipinski definition) is 1. The molecule has 2 fully saturated rings. The van der Waals surface area contributed by atoms with E-state index in [1.807, 2.05) is 0 Å². The smallest absolute Gasteiger partial charge is 0.00178 e. The molecule has 2 rings (SSSR count).